The molecule has 7 nitrogen and oxygen atoms in total. The fraction of sp³-hybridized carbons (Fsp3) is 0.364. The first-order chi connectivity index (χ1) is 14.1. The van der Waals surface area contributed by atoms with Gasteiger partial charge in [0.1, 0.15) is 0 Å². The van der Waals surface area contributed by atoms with Crippen LogP contribution in [-0.2, 0) is 19.4 Å². The van der Waals surface area contributed by atoms with Crippen LogP contribution in [0.25, 0.3) is 10.8 Å². The Morgan fingerprint density at radius 3 is 2.79 bits per heavy atom. The summed E-state index contributed by atoms with van der Waals surface area (Å²) in [5.74, 6) is -0.345. The lowest BCUT2D eigenvalue weighted by atomic mass is 9.87. The van der Waals surface area contributed by atoms with Crippen LogP contribution in [0.3, 0.4) is 0 Å². The quantitative estimate of drug-likeness (QED) is 0.672. The van der Waals surface area contributed by atoms with Gasteiger partial charge >= 0.3 is 0 Å². The molecule has 0 spiro atoms. The molecule has 1 aromatic heterocycles. The smallest absolute Gasteiger partial charge is 0.290 e. The molecule has 0 saturated carbocycles. The number of amides is 1. The van der Waals surface area contributed by atoms with Crippen LogP contribution in [0.5, 0.6) is 0 Å². The molecule has 1 fully saturated rings. The molecule has 7 heteroatoms. The standard InChI is InChI=1S/C22H22N4O3/c23-21(28)22-24-18(29-25-22)12-26-10-2-4-15(11-26)20(27)17-9-8-14-7-6-13-3-1-5-16(17)19(13)14/h1,3,5,8-9,15H,2,4,6-7,10-12H2,(H2,23,28)/t15-/m1/s1. The number of hydrogen-bond acceptors (Lipinski definition) is 6. The van der Waals surface area contributed by atoms with Crippen LogP contribution in [0.15, 0.2) is 34.9 Å². The Morgan fingerprint density at radius 1 is 1.17 bits per heavy atom. The topological polar surface area (TPSA) is 102 Å². The Balaban J connectivity index is 1.36. The van der Waals surface area contributed by atoms with Gasteiger partial charge in [0.2, 0.25) is 5.89 Å². The number of Topliss-reactive ketones (excluding diaryl/α,β-unsaturated/α-hetero) is 1. The summed E-state index contributed by atoms with van der Waals surface area (Å²) in [5.41, 5.74) is 8.69. The van der Waals surface area contributed by atoms with Gasteiger partial charge in [-0.05, 0) is 54.1 Å². The minimum Gasteiger partial charge on any atom is -0.363 e. The van der Waals surface area contributed by atoms with E-state index < -0.39 is 5.91 Å². The molecule has 148 valence electrons. The van der Waals surface area contributed by atoms with E-state index in [9.17, 15) is 9.59 Å². The Kier molecular flexibility index (Phi) is 4.39. The molecule has 3 aromatic rings. The molecule has 2 aliphatic rings. The normalized spacial score (nSPS) is 19.0. The zero-order chi connectivity index (χ0) is 20.0. The first-order valence-electron chi connectivity index (χ1n) is 10.0. The molecule has 1 amide bonds. The predicted molar refractivity (Wildman–Crippen MR) is 107 cm³/mol. The highest BCUT2D eigenvalue weighted by Crippen LogP contribution is 2.34. The Hall–Kier alpha value is -3.06. The lowest BCUT2D eigenvalue weighted by molar-refractivity contribution is 0.0798. The van der Waals surface area contributed by atoms with Crippen molar-refractivity contribution < 1.29 is 14.1 Å². The Morgan fingerprint density at radius 2 is 2.00 bits per heavy atom. The van der Waals surface area contributed by atoms with Crippen LogP contribution >= 0.6 is 0 Å². The number of hydrogen-bond donors (Lipinski definition) is 1. The number of rotatable bonds is 5. The second-order valence-electron chi connectivity index (χ2n) is 7.93. The van der Waals surface area contributed by atoms with Gasteiger partial charge in [-0.2, -0.15) is 4.98 Å². The number of nitrogens with zero attached hydrogens (tertiary/aromatic N) is 3. The molecule has 2 aromatic carbocycles. The van der Waals surface area contributed by atoms with Crippen molar-refractivity contribution in [1.82, 2.24) is 15.0 Å². The van der Waals surface area contributed by atoms with Crippen molar-refractivity contribution in [3.8, 4) is 0 Å². The van der Waals surface area contributed by atoms with Gasteiger partial charge in [0, 0.05) is 18.0 Å². The molecule has 1 saturated heterocycles. The Labute approximate surface area is 167 Å². The molecule has 1 atom stereocenters. The van der Waals surface area contributed by atoms with Crippen molar-refractivity contribution in [2.45, 2.75) is 32.2 Å². The number of carbonyl (C=O) groups excluding carboxylic acids is 2. The predicted octanol–water partition coefficient (Wildman–Crippen LogP) is 2.52. The van der Waals surface area contributed by atoms with Gasteiger partial charge in [0.15, 0.2) is 5.78 Å². The highest BCUT2D eigenvalue weighted by Gasteiger charge is 2.29. The monoisotopic (exact) mass is 390 g/mol. The van der Waals surface area contributed by atoms with E-state index in [2.05, 4.69) is 39.3 Å². The lowest BCUT2D eigenvalue weighted by Crippen LogP contribution is -2.38. The molecule has 1 aliphatic heterocycles. The maximum absolute atomic E-state index is 13.4. The first-order valence-corrected chi connectivity index (χ1v) is 10.0. The van der Waals surface area contributed by atoms with Gasteiger partial charge in [0.05, 0.1) is 6.54 Å². The number of primary amides is 1. The number of carbonyl (C=O) groups is 2. The summed E-state index contributed by atoms with van der Waals surface area (Å²) in [7, 11) is 0. The van der Waals surface area contributed by atoms with E-state index in [1.807, 2.05) is 6.07 Å². The van der Waals surface area contributed by atoms with Gasteiger partial charge in [-0.1, -0.05) is 35.5 Å². The molecular weight excluding hydrogens is 368 g/mol. The Bertz CT molecular complexity index is 1110. The van der Waals surface area contributed by atoms with Crippen molar-refractivity contribution >= 4 is 22.5 Å². The van der Waals surface area contributed by atoms with Crippen LogP contribution in [0.2, 0.25) is 0 Å². The van der Waals surface area contributed by atoms with E-state index in [0.717, 1.165) is 43.2 Å². The van der Waals surface area contributed by atoms with Gasteiger partial charge in [0.25, 0.3) is 11.7 Å². The molecule has 0 radical (unpaired) electrons. The molecule has 0 unspecified atom stereocenters. The first kappa shape index (κ1) is 18.0. The van der Waals surface area contributed by atoms with Crippen molar-refractivity contribution in [2.24, 2.45) is 11.7 Å². The van der Waals surface area contributed by atoms with E-state index in [1.54, 1.807) is 0 Å². The van der Waals surface area contributed by atoms with Crippen LogP contribution in [0.1, 0.15) is 50.8 Å². The fourth-order valence-electron chi connectivity index (χ4n) is 4.71. The van der Waals surface area contributed by atoms with Crippen molar-refractivity contribution in [1.29, 1.82) is 0 Å². The molecule has 29 heavy (non-hydrogen) atoms. The summed E-state index contributed by atoms with van der Waals surface area (Å²) < 4.78 is 5.11. The van der Waals surface area contributed by atoms with Gasteiger partial charge in [-0.3, -0.25) is 14.5 Å². The molecule has 1 aliphatic carbocycles. The van der Waals surface area contributed by atoms with E-state index >= 15 is 0 Å². The van der Waals surface area contributed by atoms with Crippen molar-refractivity contribution in [2.75, 3.05) is 13.1 Å². The minimum atomic E-state index is -0.709. The van der Waals surface area contributed by atoms with E-state index in [4.69, 9.17) is 10.3 Å². The number of piperidine rings is 1. The number of nitrogens with two attached hydrogens (primary N) is 1. The van der Waals surface area contributed by atoms with E-state index in [0.29, 0.717) is 19.0 Å². The van der Waals surface area contributed by atoms with Gasteiger partial charge in [-0.25, -0.2) is 0 Å². The zero-order valence-electron chi connectivity index (χ0n) is 16.1. The lowest BCUT2D eigenvalue weighted by Gasteiger charge is -2.31. The van der Waals surface area contributed by atoms with Crippen molar-refractivity contribution in [3.63, 3.8) is 0 Å². The van der Waals surface area contributed by atoms with Crippen LogP contribution < -0.4 is 5.73 Å². The molecule has 2 heterocycles. The summed E-state index contributed by atoms with van der Waals surface area (Å²) in [6, 6.07) is 10.4. The largest absolute Gasteiger partial charge is 0.363 e. The number of ketones is 1. The average molecular weight is 390 g/mol. The maximum Gasteiger partial charge on any atom is 0.290 e. The molecule has 2 N–H and O–H groups in total. The summed E-state index contributed by atoms with van der Waals surface area (Å²) in [5, 5.41) is 5.94. The SMILES string of the molecule is NC(=O)c1noc(CN2CCC[C@@H](C(=O)c3ccc4c5c(cccc35)CC4)C2)n1. The third kappa shape index (κ3) is 3.21. The summed E-state index contributed by atoms with van der Waals surface area (Å²) >= 11 is 0. The van der Waals surface area contributed by atoms with E-state index in [1.165, 1.54) is 16.5 Å². The molecular formula is C22H22N4O3. The number of benzene rings is 2. The molecule has 0 bridgehead atoms. The molecule has 5 rings (SSSR count). The maximum atomic E-state index is 13.4. The second-order valence-corrected chi connectivity index (χ2v) is 7.93. The number of aromatic nitrogens is 2. The van der Waals surface area contributed by atoms with Crippen LogP contribution in [0, 0.1) is 5.92 Å². The summed E-state index contributed by atoms with van der Waals surface area (Å²) in [6.45, 7) is 1.89. The van der Waals surface area contributed by atoms with Gasteiger partial charge in [-0.15, -0.1) is 0 Å². The van der Waals surface area contributed by atoms with Crippen molar-refractivity contribution in [3.05, 3.63) is 58.7 Å². The highest BCUT2D eigenvalue weighted by atomic mass is 16.5. The summed E-state index contributed by atoms with van der Waals surface area (Å²) in [6.07, 6.45) is 3.90. The van der Waals surface area contributed by atoms with Crippen LogP contribution in [0.4, 0.5) is 0 Å². The number of likely N-dealkylation sites (tertiary alicyclic amines) is 1. The third-order valence-corrected chi connectivity index (χ3v) is 6.07. The van der Waals surface area contributed by atoms with Gasteiger partial charge < -0.3 is 10.3 Å². The fourth-order valence-corrected chi connectivity index (χ4v) is 4.71. The minimum absolute atomic E-state index is 0.0688. The third-order valence-electron chi connectivity index (χ3n) is 6.07. The highest BCUT2D eigenvalue weighted by molar-refractivity contribution is 6.11. The second kappa shape index (κ2) is 7.08. The van der Waals surface area contributed by atoms with E-state index in [-0.39, 0.29) is 17.5 Å². The van der Waals surface area contributed by atoms with Crippen LogP contribution in [-0.4, -0.2) is 39.8 Å². The summed E-state index contributed by atoms with van der Waals surface area (Å²) in [4.78, 5) is 30.7. The average Bonchev–Trinajstić information content (AvgIpc) is 3.37. The number of aryl methyl sites for hydroxylation is 2. The zero-order valence-corrected chi connectivity index (χ0v) is 16.1.